The van der Waals surface area contributed by atoms with Crippen molar-refractivity contribution in [2.75, 3.05) is 7.05 Å². The lowest BCUT2D eigenvalue weighted by atomic mass is 9.72. The van der Waals surface area contributed by atoms with Crippen LogP contribution in [-0.4, -0.2) is 23.0 Å². The second kappa shape index (κ2) is 4.23. The first-order valence-electron chi connectivity index (χ1n) is 8.11. The Hall–Kier alpha value is -2.06. The van der Waals surface area contributed by atoms with Crippen molar-refractivity contribution in [1.29, 1.82) is 0 Å². The number of nitrogens with zero attached hydrogens (tertiary/aromatic N) is 1. The molecule has 0 saturated heterocycles. The van der Waals surface area contributed by atoms with Gasteiger partial charge in [-0.05, 0) is 48.7 Å². The lowest BCUT2D eigenvalue weighted by molar-refractivity contribution is 0.193. The van der Waals surface area contributed by atoms with Gasteiger partial charge in [0.1, 0.15) is 0 Å². The fourth-order valence-corrected chi connectivity index (χ4v) is 4.60. The molecule has 5 rings (SSSR count). The van der Waals surface area contributed by atoms with E-state index in [1.54, 1.807) is 0 Å². The minimum atomic E-state index is 0.501. The molecule has 22 heavy (non-hydrogen) atoms. The molecule has 0 amide bonds. The summed E-state index contributed by atoms with van der Waals surface area (Å²) in [5.74, 6) is 0.501. The van der Waals surface area contributed by atoms with Gasteiger partial charge in [-0.1, -0.05) is 35.9 Å². The van der Waals surface area contributed by atoms with Crippen LogP contribution in [0.1, 0.15) is 33.7 Å². The van der Waals surface area contributed by atoms with Crippen LogP contribution >= 0.6 is 0 Å². The number of aryl methyl sites for hydroxylation is 1. The van der Waals surface area contributed by atoms with Crippen molar-refractivity contribution in [2.24, 2.45) is 0 Å². The van der Waals surface area contributed by atoms with E-state index in [-0.39, 0.29) is 0 Å². The molecule has 0 spiro atoms. The molecular formula is C20H20N2. The molecular weight excluding hydrogens is 268 g/mol. The molecule has 2 nitrogen and oxygen atoms in total. The zero-order chi connectivity index (χ0) is 14.8. The number of aromatic amines is 1. The van der Waals surface area contributed by atoms with Crippen LogP contribution in [0, 0.1) is 6.92 Å². The molecule has 1 N–H and O–H groups in total. The highest BCUT2D eigenvalue weighted by molar-refractivity contribution is 5.89. The number of benzene rings is 2. The highest BCUT2D eigenvalue weighted by Crippen LogP contribution is 2.45. The molecule has 110 valence electrons. The largest absolute Gasteiger partial charge is 0.361 e. The van der Waals surface area contributed by atoms with Gasteiger partial charge in [0.2, 0.25) is 0 Å². The van der Waals surface area contributed by atoms with Crippen LogP contribution in [0.2, 0.25) is 0 Å². The first-order valence-corrected chi connectivity index (χ1v) is 8.11. The van der Waals surface area contributed by atoms with Gasteiger partial charge in [0, 0.05) is 35.6 Å². The summed E-state index contributed by atoms with van der Waals surface area (Å²) in [5.41, 5.74) is 8.67. The molecule has 0 radical (unpaired) electrons. The standard InChI is InChI=1S/C20H20N2/c1-12-6-7-15-14(8-12)11-22(2)18-9-13-10-21-17-5-3-4-16(19(13)17)20(15)18/h3-8,10,18,20-21H,9,11H2,1-2H3/t18-,20-/m0/s1. The number of likely N-dealkylation sites (N-methyl/N-ethyl adjacent to an activating group) is 1. The Morgan fingerprint density at radius 3 is 2.91 bits per heavy atom. The summed E-state index contributed by atoms with van der Waals surface area (Å²) in [4.78, 5) is 6.00. The summed E-state index contributed by atoms with van der Waals surface area (Å²) < 4.78 is 0. The van der Waals surface area contributed by atoms with E-state index in [9.17, 15) is 0 Å². The van der Waals surface area contributed by atoms with Gasteiger partial charge in [-0.2, -0.15) is 0 Å². The van der Waals surface area contributed by atoms with Crippen molar-refractivity contribution in [3.8, 4) is 0 Å². The van der Waals surface area contributed by atoms with Crippen LogP contribution in [-0.2, 0) is 13.0 Å². The predicted octanol–water partition coefficient (Wildman–Crippen LogP) is 3.98. The third kappa shape index (κ3) is 1.53. The maximum Gasteiger partial charge on any atom is 0.0459 e. The Labute approximate surface area is 130 Å². The highest BCUT2D eigenvalue weighted by Gasteiger charge is 2.38. The second-order valence-corrected chi connectivity index (χ2v) is 6.95. The summed E-state index contributed by atoms with van der Waals surface area (Å²) in [6.07, 6.45) is 3.36. The number of hydrogen-bond acceptors (Lipinski definition) is 1. The second-order valence-electron chi connectivity index (χ2n) is 6.95. The lowest BCUT2D eigenvalue weighted by Crippen LogP contribution is -2.44. The molecule has 1 aliphatic carbocycles. The minimum absolute atomic E-state index is 0.501. The van der Waals surface area contributed by atoms with E-state index < -0.39 is 0 Å². The van der Waals surface area contributed by atoms with E-state index in [4.69, 9.17) is 0 Å². The SMILES string of the molecule is Cc1ccc2c(c1)CN(C)[C@H]1Cc3c[nH]c4cccc(c34)[C@H]21. The van der Waals surface area contributed by atoms with Gasteiger partial charge >= 0.3 is 0 Å². The number of aromatic nitrogens is 1. The summed E-state index contributed by atoms with van der Waals surface area (Å²) in [5, 5.41) is 1.46. The molecule has 0 bridgehead atoms. The number of hydrogen-bond donors (Lipinski definition) is 1. The molecule has 1 aromatic heterocycles. The van der Waals surface area contributed by atoms with Crippen molar-refractivity contribution in [1.82, 2.24) is 9.88 Å². The lowest BCUT2D eigenvalue weighted by Gasteiger charge is -2.43. The van der Waals surface area contributed by atoms with Crippen LogP contribution in [0.15, 0.2) is 42.6 Å². The van der Waals surface area contributed by atoms with Gasteiger partial charge in [0.25, 0.3) is 0 Å². The van der Waals surface area contributed by atoms with Crippen LogP contribution in [0.5, 0.6) is 0 Å². The van der Waals surface area contributed by atoms with Crippen molar-refractivity contribution < 1.29 is 0 Å². The minimum Gasteiger partial charge on any atom is -0.361 e. The van der Waals surface area contributed by atoms with E-state index in [1.165, 1.54) is 38.7 Å². The van der Waals surface area contributed by atoms with Crippen molar-refractivity contribution in [3.63, 3.8) is 0 Å². The molecule has 0 saturated carbocycles. The van der Waals surface area contributed by atoms with E-state index in [0.29, 0.717) is 12.0 Å². The van der Waals surface area contributed by atoms with E-state index >= 15 is 0 Å². The Morgan fingerprint density at radius 1 is 1.09 bits per heavy atom. The number of H-pyrrole nitrogens is 1. The summed E-state index contributed by atoms with van der Waals surface area (Å²) in [7, 11) is 2.28. The summed E-state index contributed by atoms with van der Waals surface area (Å²) >= 11 is 0. The predicted molar refractivity (Wildman–Crippen MR) is 90.3 cm³/mol. The van der Waals surface area contributed by atoms with Gasteiger partial charge in [-0.15, -0.1) is 0 Å². The maximum absolute atomic E-state index is 3.46. The first kappa shape index (κ1) is 12.5. The Morgan fingerprint density at radius 2 is 2.00 bits per heavy atom. The topological polar surface area (TPSA) is 19.0 Å². The first-order chi connectivity index (χ1) is 10.7. The number of fused-ring (bicyclic) bond motifs is 4. The van der Waals surface area contributed by atoms with Gasteiger partial charge in [-0.25, -0.2) is 0 Å². The molecule has 2 heteroatoms. The van der Waals surface area contributed by atoms with Crippen LogP contribution in [0.4, 0.5) is 0 Å². The van der Waals surface area contributed by atoms with Crippen LogP contribution < -0.4 is 0 Å². The Bertz CT molecular complexity index is 890. The number of rotatable bonds is 0. The van der Waals surface area contributed by atoms with Crippen molar-refractivity contribution in [3.05, 3.63) is 70.4 Å². The monoisotopic (exact) mass is 288 g/mol. The quantitative estimate of drug-likeness (QED) is 0.663. The normalized spacial score (nSPS) is 23.4. The molecule has 2 heterocycles. The molecule has 2 atom stereocenters. The molecule has 2 aromatic carbocycles. The van der Waals surface area contributed by atoms with Crippen molar-refractivity contribution >= 4 is 10.9 Å². The van der Waals surface area contributed by atoms with Gasteiger partial charge in [0.15, 0.2) is 0 Å². The third-order valence-corrected chi connectivity index (χ3v) is 5.59. The van der Waals surface area contributed by atoms with E-state index in [2.05, 4.69) is 66.5 Å². The maximum atomic E-state index is 3.46. The average Bonchev–Trinajstić information content (AvgIpc) is 2.92. The molecule has 1 aliphatic heterocycles. The van der Waals surface area contributed by atoms with Crippen LogP contribution in [0.25, 0.3) is 10.9 Å². The zero-order valence-electron chi connectivity index (χ0n) is 13.1. The Balaban J connectivity index is 1.82. The van der Waals surface area contributed by atoms with Gasteiger partial charge in [-0.3, -0.25) is 4.90 Å². The average molecular weight is 288 g/mol. The third-order valence-electron chi connectivity index (χ3n) is 5.59. The molecule has 3 aromatic rings. The fraction of sp³-hybridized carbons (Fsp3) is 0.300. The fourth-order valence-electron chi connectivity index (χ4n) is 4.60. The van der Waals surface area contributed by atoms with Crippen LogP contribution in [0.3, 0.4) is 0 Å². The van der Waals surface area contributed by atoms with Gasteiger partial charge in [0.05, 0.1) is 0 Å². The number of nitrogens with one attached hydrogen (secondary N) is 1. The van der Waals surface area contributed by atoms with E-state index in [0.717, 1.165) is 13.0 Å². The molecule has 2 aliphatic rings. The highest BCUT2D eigenvalue weighted by atomic mass is 15.1. The summed E-state index contributed by atoms with van der Waals surface area (Å²) in [6.45, 7) is 3.26. The molecule has 0 unspecified atom stereocenters. The summed E-state index contributed by atoms with van der Waals surface area (Å²) in [6, 6.07) is 14.3. The molecule has 0 fully saturated rings. The Kier molecular flexibility index (Phi) is 2.40. The smallest absolute Gasteiger partial charge is 0.0459 e. The van der Waals surface area contributed by atoms with Gasteiger partial charge < -0.3 is 4.98 Å². The van der Waals surface area contributed by atoms with E-state index in [1.807, 2.05) is 0 Å². The van der Waals surface area contributed by atoms with Crippen molar-refractivity contribution in [2.45, 2.75) is 31.8 Å². The zero-order valence-corrected chi connectivity index (χ0v) is 13.1.